The van der Waals surface area contributed by atoms with Crippen LogP contribution in [-0.4, -0.2) is 43.7 Å². The monoisotopic (exact) mass is 493 g/mol. The van der Waals surface area contributed by atoms with Crippen molar-refractivity contribution in [1.82, 2.24) is 15.5 Å². The van der Waals surface area contributed by atoms with Crippen molar-refractivity contribution in [3.63, 3.8) is 0 Å². The van der Waals surface area contributed by atoms with Gasteiger partial charge in [-0.2, -0.15) is 0 Å². The first-order chi connectivity index (χ1) is 16.7. The summed E-state index contributed by atoms with van der Waals surface area (Å²) in [5.41, 5.74) is 3.41. The summed E-state index contributed by atoms with van der Waals surface area (Å²) in [6.45, 7) is 4.69. The smallest absolute Gasteiger partial charge is 0.252 e. The Morgan fingerprint density at radius 3 is 2.71 bits per heavy atom. The molecule has 0 bridgehead atoms. The zero-order chi connectivity index (χ0) is 23.5. The van der Waals surface area contributed by atoms with Gasteiger partial charge in [-0.15, -0.1) is 12.4 Å². The number of benzene rings is 3. The van der Waals surface area contributed by atoms with Gasteiger partial charge in [-0.25, -0.2) is 0 Å². The first kappa shape index (κ1) is 25.0. The summed E-state index contributed by atoms with van der Waals surface area (Å²) in [6.07, 6.45) is 1.76. The molecule has 2 heterocycles. The van der Waals surface area contributed by atoms with Crippen molar-refractivity contribution in [2.45, 2.75) is 32.0 Å². The Morgan fingerprint density at radius 1 is 1.11 bits per heavy atom. The lowest BCUT2D eigenvalue weighted by Gasteiger charge is -2.42. The number of para-hydroxylation sites is 2. The minimum atomic E-state index is -0.0775. The number of ether oxygens (including phenoxy) is 1. The summed E-state index contributed by atoms with van der Waals surface area (Å²) >= 11 is 0. The summed E-state index contributed by atoms with van der Waals surface area (Å²) < 4.78 is 11.6. The molecular weight excluding hydrogens is 462 g/mol. The molecular formula is C28H32ClN3O3. The number of nitrogens with one attached hydrogen (secondary N) is 2. The molecule has 184 valence electrons. The third-order valence-electron chi connectivity index (χ3n) is 6.68. The van der Waals surface area contributed by atoms with E-state index in [1.54, 1.807) is 7.11 Å². The first-order valence-electron chi connectivity index (χ1n) is 12.0. The van der Waals surface area contributed by atoms with Crippen molar-refractivity contribution in [3.05, 3.63) is 77.9 Å². The fourth-order valence-electron chi connectivity index (χ4n) is 5.02. The Hall–Kier alpha value is -3.06. The maximum Gasteiger partial charge on any atom is 0.252 e. The number of halogens is 1. The third-order valence-corrected chi connectivity index (χ3v) is 6.68. The largest absolute Gasteiger partial charge is 0.496 e. The van der Waals surface area contributed by atoms with E-state index in [1.165, 1.54) is 0 Å². The number of piperazine rings is 1. The maximum absolute atomic E-state index is 13.4. The normalized spacial score (nSPS) is 17.1. The summed E-state index contributed by atoms with van der Waals surface area (Å²) in [5.74, 6) is 0.808. The molecule has 2 unspecified atom stereocenters. The number of carbonyl (C=O) groups excluding carboxylic acids is 1. The maximum atomic E-state index is 13.4. The molecule has 2 atom stereocenters. The lowest BCUT2D eigenvalue weighted by atomic mass is 10.00. The van der Waals surface area contributed by atoms with Crippen molar-refractivity contribution in [2.75, 3.05) is 26.7 Å². The Kier molecular flexibility index (Phi) is 7.96. The number of furan rings is 1. The van der Waals surface area contributed by atoms with Crippen molar-refractivity contribution in [1.29, 1.82) is 0 Å². The van der Waals surface area contributed by atoms with Crippen LogP contribution in [0.4, 0.5) is 0 Å². The molecule has 1 aliphatic rings. The zero-order valence-electron chi connectivity index (χ0n) is 20.1. The second kappa shape index (κ2) is 11.1. The van der Waals surface area contributed by atoms with Gasteiger partial charge in [-0.1, -0.05) is 49.7 Å². The van der Waals surface area contributed by atoms with E-state index in [0.717, 1.165) is 65.7 Å². The molecule has 1 amide bonds. The number of fused-ring (bicyclic) bond motifs is 3. The van der Waals surface area contributed by atoms with E-state index in [9.17, 15) is 4.79 Å². The van der Waals surface area contributed by atoms with Crippen LogP contribution in [0.3, 0.4) is 0 Å². The minimum Gasteiger partial charge on any atom is -0.496 e. The number of hydrogen-bond acceptors (Lipinski definition) is 5. The predicted molar refractivity (Wildman–Crippen MR) is 142 cm³/mol. The van der Waals surface area contributed by atoms with E-state index >= 15 is 0 Å². The van der Waals surface area contributed by atoms with Crippen LogP contribution in [0.15, 0.2) is 71.1 Å². The van der Waals surface area contributed by atoms with Crippen molar-refractivity contribution in [2.24, 2.45) is 0 Å². The summed E-state index contributed by atoms with van der Waals surface area (Å²) in [4.78, 5) is 15.8. The van der Waals surface area contributed by atoms with Crippen LogP contribution < -0.4 is 15.4 Å². The molecule has 5 rings (SSSR count). The van der Waals surface area contributed by atoms with Crippen molar-refractivity contribution >= 4 is 40.3 Å². The van der Waals surface area contributed by atoms with Crippen molar-refractivity contribution < 1.29 is 13.9 Å². The first-order valence-corrected chi connectivity index (χ1v) is 12.0. The molecule has 1 aromatic heterocycles. The van der Waals surface area contributed by atoms with Crippen LogP contribution in [0.2, 0.25) is 0 Å². The quantitative estimate of drug-likeness (QED) is 0.355. The van der Waals surface area contributed by atoms with E-state index in [2.05, 4.69) is 28.5 Å². The minimum absolute atomic E-state index is 0. The Labute approximate surface area is 212 Å². The molecule has 1 fully saturated rings. The van der Waals surface area contributed by atoms with Gasteiger partial charge in [0, 0.05) is 41.5 Å². The molecule has 0 aliphatic carbocycles. The van der Waals surface area contributed by atoms with Gasteiger partial charge in [-0.3, -0.25) is 9.69 Å². The predicted octanol–water partition coefficient (Wildman–Crippen LogP) is 5.52. The Morgan fingerprint density at radius 2 is 1.89 bits per heavy atom. The number of nitrogens with zero attached hydrogens (tertiary/aromatic N) is 1. The van der Waals surface area contributed by atoms with Gasteiger partial charge in [0.2, 0.25) is 0 Å². The van der Waals surface area contributed by atoms with Crippen LogP contribution >= 0.6 is 12.4 Å². The van der Waals surface area contributed by atoms with Crippen LogP contribution in [0.1, 0.15) is 41.7 Å². The number of hydrogen-bond donors (Lipinski definition) is 2. The van der Waals surface area contributed by atoms with Crippen LogP contribution in [0, 0.1) is 0 Å². The van der Waals surface area contributed by atoms with Gasteiger partial charge < -0.3 is 19.8 Å². The number of carbonyl (C=O) groups is 1. The van der Waals surface area contributed by atoms with E-state index in [4.69, 9.17) is 9.15 Å². The lowest BCUT2D eigenvalue weighted by molar-refractivity contribution is 0.0627. The highest BCUT2D eigenvalue weighted by Crippen LogP contribution is 2.32. The van der Waals surface area contributed by atoms with Crippen LogP contribution in [0.5, 0.6) is 5.75 Å². The molecule has 0 spiro atoms. The molecule has 0 radical (unpaired) electrons. The van der Waals surface area contributed by atoms with E-state index < -0.39 is 0 Å². The van der Waals surface area contributed by atoms with E-state index in [-0.39, 0.29) is 30.5 Å². The van der Waals surface area contributed by atoms with Gasteiger partial charge in [0.15, 0.2) is 0 Å². The SMILES string of the molecule is CCCC(NC(=O)c1ccc2oc3ccccc3c2c1)N1CCNCC1c1ccccc1OC.Cl. The number of methoxy groups -OCH3 is 1. The third kappa shape index (κ3) is 5.01. The van der Waals surface area contributed by atoms with Crippen LogP contribution in [0.25, 0.3) is 21.9 Å². The van der Waals surface area contributed by atoms with Gasteiger partial charge >= 0.3 is 0 Å². The molecule has 0 saturated carbocycles. The van der Waals surface area contributed by atoms with Gasteiger partial charge in [-0.05, 0) is 36.8 Å². The molecule has 1 aliphatic heterocycles. The average molecular weight is 494 g/mol. The topological polar surface area (TPSA) is 66.7 Å². The Bertz CT molecular complexity index is 1310. The standard InChI is InChI=1S/C28H31N3O3.ClH/c1-3-8-27(31-16-15-29-18-23(31)21-10-5-6-11-24(21)33-2)30-28(32)19-13-14-26-22(17-19)20-9-4-7-12-25(20)34-26;/h4-7,9-14,17,23,27,29H,3,8,15-16,18H2,1-2H3,(H,30,32);1H. The Balaban J connectivity index is 0.00000289. The fraction of sp³-hybridized carbons (Fsp3) is 0.321. The van der Waals surface area contributed by atoms with E-state index in [1.807, 2.05) is 60.7 Å². The number of rotatable bonds is 7. The lowest BCUT2D eigenvalue weighted by Crippen LogP contribution is -2.56. The van der Waals surface area contributed by atoms with Crippen molar-refractivity contribution in [3.8, 4) is 5.75 Å². The molecule has 7 heteroatoms. The summed E-state index contributed by atoms with van der Waals surface area (Å²) in [5, 5.41) is 8.83. The second-order valence-electron chi connectivity index (χ2n) is 8.79. The van der Waals surface area contributed by atoms with Crippen LogP contribution in [-0.2, 0) is 0 Å². The van der Waals surface area contributed by atoms with Gasteiger partial charge in [0.25, 0.3) is 5.91 Å². The molecule has 2 N–H and O–H groups in total. The van der Waals surface area contributed by atoms with Gasteiger partial charge in [0.05, 0.1) is 19.3 Å². The summed E-state index contributed by atoms with van der Waals surface area (Å²) in [7, 11) is 1.71. The fourth-order valence-corrected chi connectivity index (χ4v) is 5.02. The average Bonchev–Trinajstić information content (AvgIpc) is 3.26. The highest BCUT2D eigenvalue weighted by Gasteiger charge is 2.32. The molecule has 4 aromatic rings. The highest BCUT2D eigenvalue weighted by atomic mass is 35.5. The van der Waals surface area contributed by atoms with E-state index in [0.29, 0.717) is 5.56 Å². The zero-order valence-corrected chi connectivity index (χ0v) is 20.9. The second-order valence-corrected chi connectivity index (χ2v) is 8.79. The highest BCUT2D eigenvalue weighted by molar-refractivity contribution is 6.08. The number of amides is 1. The molecule has 6 nitrogen and oxygen atoms in total. The molecule has 3 aromatic carbocycles. The molecule has 1 saturated heterocycles. The molecule has 35 heavy (non-hydrogen) atoms. The summed E-state index contributed by atoms with van der Waals surface area (Å²) in [6, 6.07) is 21.9. The van der Waals surface area contributed by atoms with Gasteiger partial charge in [0.1, 0.15) is 16.9 Å².